The van der Waals surface area contributed by atoms with Crippen LogP contribution in [0.3, 0.4) is 0 Å². The Hall–Kier alpha value is -2.75. The first-order valence-corrected chi connectivity index (χ1v) is 8.64. The molecule has 1 saturated heterocycles. The number of imide groups is 1. The Bertz CT molecular complexity index is 930. The van der Waals surface area contributed by atoms with Gasteiger partial charge in [-0.2, -0.15) is 0 Å². The van der Waals surface area contributed by atoms with Gasteiger partial charge in [0.15, 0.2) is 0 Å². The number of hydrogen-bond donors (Lipinski definition) is 0. The van der Waals surface area contributed by atoms with Crippen LogP contribution in [0.1, 0.15) is 34.9 Å². The zero-order valence-corrected chi connectivity index (χ0v) is 13.8. The lowest BCUT2D eigenvalue weighted by Gasteiger charge is -2.43. The highest BCUT2D eigenvalue weighted by molar-refractivity contribution is 6.24. The van der Waals surface area contributed by atoms with Gasteiger partial charge in [-0.15, -0.1) is 0 Å². The number of hydrogen-bond acceptors (Lipinski definition) is 3. The molecule has 1 saturated carbocycles. The van der Waals surface area contributed by atoms with Crippen molar-refractivity contribution in [2.45, 2.75) is 25.2 Å². The molecule has 0 unspecified atom stereocenters. The summed E-state index contributed by atoms with van der Waals surface area (Å²) in [6, 6.07) is 15.2. The quantitative estimate of drug-likeness (QED) is 0.755. The van der Waals surface area contributed by atoms with Crippen LogP contribution in [0.4, 0.5) is 5.69 Å². The van der Waals surface area contributed by atoms with Crippen molar-refractivity contribution < 1.29 is 14.4 Å². The van der Waals surface area contributed by atoms with E-state index in [-0.39, 0.29) is 23.5 Å². The molecule has 1 aliphatic heterocycles. The number of carbonyl (C=O) groups is 3. The van der Waals surface area contributed by atoms with Crippen molar-refractivity contribution in [2.75, 3.05) is 4.90 Å². The summed E-state index contributed by atoms with van der Waals surface area (Å²) in [5.74, 6) is -1.89. The molecular weight excluding hydrogens is 314 g/mol. The fraction of sp³-hybridized carbons (Fsp3) is 0.286. The fourth-order valence-electron chi connectivity index (χ4n) is 4.91. The molecule has 25 heavy (non-hydrogen) atoms. The SMILES string of the molecule is Cc1ccc(N2C(=O)[C@@H]3[C@@H](C2=O)[C@H]2C(=O)C[C@H]3c3ccccc32)cc1. The van der Waals surface area contributed by atoms with Crippen LogP contribution in [-0.2, 0) is 14.4 Å². The van der Waals surface area contributed by atoms with Crippen LogP contribution in [0.5, 0.6) is 0 Å². The third-order valence-corrected chi connectivity index (χ3v) is 5.98. The lowest BCUT2D eigenvalue weighted by Crippen LogP contribution is -2.44. The molecule has 4 nitrogen and oxygen atoms in total. The van der Waals surface area contributed by atoms with E-state index >= 15 is 0 Å². The van der Waals surface area contributed by atoms with E-state index in [1.807, 2.05) is 43.3 Å². The minimum Gasteiger partial charge on any atom is -0.299 e. The van der Waals surface area contributed by atoms with Crippen molar-refractivity contribution in [3.05, 3.63) is 65.2 Å². The maximum Gasteiger partial charge on any atom is 0.238 e. The molecule has 124 valence electrons. The second-order valence-corrected chi connectivity index (χ2v) is 7.28. The van der Waals surface area contributed by atoms with Crippen molar-refractivity contribution in [3.8, 4) is 0 Å². The van der Waals surface area contributed by atoms with Crippen molar-refractivity contribution in [1.82, 2.24) is 0 Å². The van der Waals surface area contributed by atoms with Gasteiger partial charge in [-0.05, 0) is 30.2 Å². The number of benzene rings is 2. The first-order valence-electron chi connectivity index (χ1n) is 8.64. The summed E-state index contributed by atoms with van der Waals surface area (Å²) >= 11 is 0. The summed E-state index contributed by atoms with van der Waals surface area (Å²) in [5.41, 5.74) is 3.69. The predicted molar refractivity (Wildman–Crippen MR) is 92.2 cm³/mol. The minimum atomic E-state index is -0.546. The first kappa shape index (κ1) is 14.6. The molecule has 6 rings (SSSR count). The number of Topliss-reactive ketones (excluding diaryl/α,β-unsaturated/α-hetero) is 1. The maximum atomic E-state index is 13.1. The van der Waals surface area contributed by atoms with Gasteiger partial charge in [0.1, 0.15) is 5.78 Å². The Morgan fingerprint density at radius 3 is 2.20 bits per heavy atom. The molecule has 2 aromatic rings. The summed E-state index contributed by atoms with van der Waals surface area (Å²) in [5, 5.41) is 0. The standard InChI is InChI=1S/C21H17NO3/c1-11-6-8-12(9-7-11)22-20(24)18-15-10-16(23)17(19(18)21(22)25)14-5-3-2-4-13(14)15/h2-9,15,17-19H,10H2,1H3/t15-,17+,18-,19-/m0/s1. The molecule has 0 aromatic heterocycles. The summed E-state index contributed by atoms with van der Waals surface area (Å²) < 4.78 is 0. The molecule has 1 heterocycles. The first-order chi connectivity index (χ1) is 12.1. The van der Waals surface area contributed by atoms with E-state index in [0.717, 1.165) is 16.7 Å². The summed E-state index contributed by atoms with van der Waals surface area (Å²) in [4.78, 5) is 40.2. The average Bonchev–Trinajstić information content (AvgIpc) is 2.88. The van der Waals surface area contributed by atoms with E-state index in [4.69, 9.17) is 0 Å². The van der Waals surface area contributed by atoms with Crippen LogP contribution in [0.25, 0.3) is 0 Å². The highest BCUT2D eigenvalue weighted by Crippen LogP contribution is 2.57. The number of amides is 2. The molecule has 2 aromatic carbocycles. The Morgan fingerprint density at radius 1 is 0.840 bits per heavy atom. The zero-order valence-electron chi connectivity index (χ0n) is 13.8. The number of aryl methyl sites for hydroxylation is 1. The van der Waals surface area contributed by atoms with Crippen molar-refractivity contribution in [2.24, 2.45) is 11.8 Å². The van der Waals surface area contributed by atoms with Crippen LogP contribution >= 0.6 is 0 Å². The topological polar surface area (TPSA) is 54.5 Å². The number of rotatable bonds is 1. The second-order valence-electron chi connectivity index (χ2n) is 7.28. The van der Waals surface area contributed by atoms with E-state index in [2.05, 4.69) is 0 Å². The van der Waals surface area contributed by atoms with Gasteiger partial charge < -0.3 is 0 Å². The van der Waals surface area contributed by atoms with Crippen LogP contribution in [0.2, 0.25) is 0 Å². The fourth-order valence-corrected chi connectivity index (χ4v) is 4.91. The Labute approximate surface area is 145 Å². The van der Waals surface area contributed by atoms with Gasteiger partial charge in [0, 0.05) is 12.3 Å². The molecule has 3 aliphatic carbocycles. The van der Waals surface area contributed by atoms with E-state index < -0.39 is 17.8 Å². The molecule has 4 atom stereocenters. The predicted octanol–water partition coefficient (Wildman–Crippen LogP) is 2.95. The highest BCUT2D eigenvalue weighted by Gasteiger charge is 2.62. The van der Waals surface area contributed by atoms with Crippen molar-refractivity contribution >= 4 is 23.3 Å². The number of carbonyl (C=O) groups excluding carboxylic acids is 3. The van der Waals surface area contributed by atoms with Gasteiger partial charge in [0.05, 0.1) is 23.4 Å². The zero-order chi connectivity index (χ0) is 17.3. The molecule has 2 amide bonds. The maximum absolute atomic E-state index is 13.1. The molecule has 0 spiro atoms. The normalized spacial score (nSPS) is 29.8. The van der Waals surface area contributed by atoms with Gasteiger partial charge in [-0.25, -0.2) is 0 Å². The van der Waals surface area contributed by atoms with Crippen LogP contribution in [0, 0.1) is 18.8 Å². The van der Waals surface area contributed by atoms with Crippen molar-refractivity contribution in [3.63, 3.8) is 0 Å². The number of anilines is 1. The third kappa shape index (κ3) is 1.79. The van der Waals surface area contributed by atoms with E-state index in [0.29, 0.717) is 12.1 Å². The highest BCUT2D eigenvalue weighted by atomic mass is 16.2. The summed E-state index contributed by atoms with van der Waals surface area (Å²) in [6.45, 7) is 1.96. The van der Waals surface area contributed by atoms with Gasteiger partial charge in [0.25, 0.3) is 0 Å². The number of ketones is 1. The second kappa shape index (κ2) is 4.88. The summed E-state index contributed by atoms with van der Waals surface area (Å²) in [7, 11) is 0. The van der Waals surface area contributed by atoms with E-state index in [1.54, 1.807) is 12.1 Å². The lowest BCUT2D eigenvalue weighted by molar-refractivity contribution is -0.134. The van der Waals surface area contributed by atoms with Crippen LogP contribution < -0.4 is 4.90 Å². The lowest BCUT2D eigenvalue weighted by atomic mass is 9.56. The number of fused-ring (bicyclic) bond motifs is 1. The van der Waals surface area contributed by atoms with E-state index in [1.165, 1.54) is 4.90 Å². The monoisotopic (exact) mass is 331 g/mol. The van der Waals surface area contributed by atoms with Gasteiger partial charge in [0.2, 0.25) is 11.8 Å². The molecule has 4 heteroatoms. The molecule has 2 bridgehead atoms. The molecule has 4 aliphatic rings. The smallest absolute Gasteiger partial charge is 0.238 e. The molecule has 2 fully saturated rings. The average molecular weight is 331 g/mol. The van der Waals surface area contributed by atoms with Crippen LogP contribution in [0.15, 0.2) is 48.5 Å². The minimum absolute atomic E-state index is 0.0943. The van der Waals surface area contributed by atoms with Gasteiger partial charge >= 0.3 is 0 Å². The van der Waals surface area contributed by atoms with Crippen molar-refractivity contribution in [1.29, 1.82) is 0 Å². The van der Waals surface area contributed by atoms with Crippen LogP contribution in [-0.4, -0.2) is 17.6 Å². The van der Waals surface area contributed by atoms with Gasteiger partial charge in [-0.1, -0.05) is 42.0 Å². The molecule has 0 radical (unpaired) electrons. The Balaban J connectivity index is 1.65. The van der Waals surface area contributed by atoms with Gasteiger partial charge in [-0.3, -0.25) is 19.3 Å². The molecular formula is C21H17NO3. The Kier molecular flexibility index (Phi) is 2.85. The Morgan fingerprint density at radius 2 is 1.48 bits per heavy atom. The number of nitrogens with zero attached hydrogens (tertiary/aromatic N) is 1. The van der Waals surface area contributed by atoms with E-state index in [9.17, 15) is 14.4 Å². The third-order valence-electron chi connectivity index (χ3n) is 5.98. The summed E-state index contributed by atoms with van der Waals surface area (Å²) in [6.07, 6.45) is 0.365. The molecule has 0 N–H and O–H groups in total. The largest absolute Gasteiger partial charge is 0.299 e.